The van der Waals surface area contributed by atoms with Gasteiger partial charge in [0.1, 0.15) is 5.69 Å². The maximum Gasteiger partial charge on any atom is 0.270 e. The van der Waals surface area contributed by atoms with Crippen molar-refractivity contribution >= 4 is 17.0 Å². The highest BCUT2D eigenvalue weighted by Crippen LogP contribution is 2.25. The number of aromatic nitrogens is 1. The quantitative estimate of drug-likeness (QED) is 0.733. The Morgan fingerprint density at radius 1 is 1.08 bits per heavy atom. The first-order chi connectivity index (χ1) is 11.6. The first-order valence-electron chi connectivity index (χ1n) is 7.93. The second-order valence-electron chi connectivity index (χ2n) is 6.03. The van der Waals surface area contributed by atoms with Crippen LogP contribution in [0.15, 0.2) is 41.0 Å². The van der Waals surface area contributed by atoms with Gasteiger partial charge in [-0.1, -0.05) is 6.07 Å². The predicted molar refractivity (Wildman–Crippen MR) is 84.8 cm³/mol. The number of likely N-dealkylation sites (tertiary alicyclic amines) is 1. The molecule has 0 radical (unpaired) electrons. The van der Waals surface area contributed by atoms with Gasteiger partial charge in [0.15, 0.2) is 17.2 Å². The van der Waals surface area contributed by atoms with Gasteiger partial charge in [0.05, 0.1) is 11.8 Å². The molecule has 1 aromatic carbocycles. The van der Waals surface area contributed by atoms with E-state index in [2.05, 4.69) is 0 Å². The first kappa shape index (κ1) is 14.9. The topological polar surface area (TPSA) is 38.4 Å². The largest absolute Gasteiger partial charge is 0.463 e. The van der Waals surface area contributed by atoms with Crippen LogP contribution in [0.1, 0.15) is 28.9 Å². The fourth-order valence-electron chi connectivity index (χ4n) is 3.23. The number of carbonyl (C=O) groups is 1. The van der Waals surface area contributed by atoms with E-state index in [0.29, 0.717) is 16.8 Å². The molecule has 0 bridgehead atoms. The van der Waals surface area contributed by atoms with Crippen LogP contribution in [-0.4, -0.2) is 28.5 Å². The lowest BCUT2D eigenvalue weighted by Gasteiger charge is -2.17. The van der Waals surface area contributed by atoms with Crippen LogP contribution in [0, 0.1) is 11.6 Å². The van der Waals surface area contributed by atoms with Crippen molar-refractivity contribution in [2.24, 2.45) is 0 Å². The lowest BCUT2D eigenvalue weighted by atomic mass is 10.2. The summed E-state index contributed by atoms with van der Waals surface area (Å²) in [6, 6.07) is 7.27. The van der Waals surface area contributed by atoms with Crippen molar-refractivity contribution in [2.45, 2.75) is 19.4 Å². The lowest BCUT2D eigenvalue weighted by Crippen LogP contribution is -2.29. The summed E-state index contributed by atoms with van der Waals surface area (Å²) in [5.41, 5.74) is 2.47. The molecule has 3 heterocycles. The highest BCUT2D eigenvalue weighted by molar-refractivity contribution is 5.97. The maximum absolute atomic E-state index is 13.5. The number of amides is 1. The van der Waals surface area contributed by atoms with Crippen LogP contribution >= 0.6 is 0 Å². The molecule has 1 amide bonds. The van der Waals surface area contributed by atoms with Crippen LogP contribution in [0.4, 0.5) is 8.78 Å². The van der Waals surface area contributed by atoms with E-state index in [-0.39, 0.29) is 12.5 Å². The van der Waals surface area contributed by atoms with Crippen molar-refractivity contribution in [3.05, 3.63) is 59.5 Å². The molecule has 1 aliphatic heterocycles. The average molecular weight is 330 g/mol. The van der Waals surface area contributed by atoms with Crippen LogP contribution in [0.3, 0.4) is 0 Å². The van der Waals surface area contributed by atoms with Crippen molar-refractivity contribution in [3.63, 3.8) is 0 Å². The predicted octanol–water partition coefficient (Wildman–Crippen LogP) is 3.80. The van der Waals surface area contributed by atoms with Crippen LogP contribution in [-0.2, 0) is 6.54 Å². The van der Waals surface area contributed by atoms with Gasteiger partial charge in [-0.05, 0) is 30.5 Å². The van der Waals surface area contributed by atoms with Crippen LogP contribution in [0.25, 0.3) is 11.1 Å². The van der Waals surface area contributed by atoms with Gasteiger partial charge in [-0.3, -0.25) is 4.79 Å². The summed E-state index contributed by atoms with van der Waals surface area (Å²) in [5, 5.41) is 0. The van der Waals surface area contributed by atoms with E-state index < -0.39 is 11.6 Å². The van der Waals surface area contributed by atoms with E-state index >= 15 is 0 Å². The number of hydrogen-bond donors (Lipinski definition) is 0. The molecule has 3 aromatic rings. The normalized spacial score (nSPS) is 14.7. The lowest BCUT2D eigenvalue weighted by molar-refractivity contribution is 0.0783. The van der Waals surface area contributed by atoms with E-state index in [1.807, 2.05) is 4.90 Å². The first-order valence-corrected chi connectivity index (χ1v) is 7.93. The minimum absolute atomic E-state index is 0.0542. The van der Waals surface area contributed by atoms with E-state index in [9.17, 15) is 13.6 Å². The molecule has 2 aromatic heterocycles. The molecule has 0 saturated carbocycles. The van der Waals surface area contributed by atoms with Gasteiger partial charge in [0, 0.05) is 31.8 Å². The summed E-state index contributed by atoms with van der Waals surface area (Å²) >= 11 is 0. The Kier molecular flexibility index (Phi) is 3.59. The molecule has 0 aliphatic carbocycles. The number of furan rings is 1. The third kappa shape index (κ3) is 2.48. The molecule has 124 valence electrons. The second-order valence-corrected chi connectivity index (χ2v) is 6.03. The van der Waals surface area contributed by atoms with Crippen molar-refractivity contribution in [1.82, 2.24) is 9.47 Å². The third-order valence-electron chi connectivity index (χ3n) is 4.46. The maximum atomic E-state index is 13.5. The molecule has 1 fully saturated rings. The Morgan fingerprint density at radius 3 is 2.62 bits per heavy atom. The van der Waals surface area contributed by atoms with Crippen molar-refractivity contribution in [2.75, 3.05) is 13.1 Å². The second kappa shape index (κ2) is 5.78. The zero-order chi connectivity index (χ0) is 16.7. The zero-order valence-electron chi connectivity index (χ0n) is 13.0. The number of nitrogens with zero attached hydrogens (tertiary/aromatic N) is 2. The van der Waals surface area contributed by atoms with Crippen LogP contribution < -0.4 is 0 Å². The molecule has 1 aliphatic rings. The van der Waals surface area contributed by atoms with Gasteiger partial charge in [-0.2, -0.15) is 0 Å². The number of hydrogen-bond acceptors (Lipinski definition) is 2. The van der Waals surface area contributed by atoms with Gasteiger partial charge < -0.3 is 13.9 Å². The Balaban J connectivity index is 1.74. The molecule has 0 atom stereocenters. The van der Waals surface area contributed by atoms with Gasteiger partial charge in [0.2, 0.25) is 0 Å². The van der Waals surface area contributed by atoms with E-state index in [1.165, 1.54) is 6.07 Å². The number of fused-ring (bicyclic) bond motifs is 1. The molecule has 1 saturated heterocycles. The summed E-state index contributed by atoms with van der Waals surface area (Å²) in [4.78, 5) is 14.6. The average Bonchev–Trinajstić information content (AvgIpc) is 3.28. The minimum Gasteiger partial charge on any atom is -0.463 e. The number of benzene rings is 1. The summed E-state index contributed by atoms with van der Waals surface area (Å²) in [6.07, 6.45) is 3.56. The number of rotatable bonds is 3. The van der Waals surface area contributed by atoms with Gasteiger partial charge in [0.25, 0.3) is 5.91 Å². The summed E-state index contributed by atoms with van der Waals surface area (Å²) in [5.74, 6) is -1.83. The van der Waals surface area contributed by atoms with Crippen LogP contribution in [0.5, 0.6) is 0 Å². The molecule has 4 nitrogen and oxygen atoms in total. The Labute approximate surface area is 137 Å². The highest BCUT2D eigenvalue weighted by atomic mass is 19.2. The van der Waals surface area contributed by atoms with Crippen LogP contribution in [0.2, 0.25) is 0 Å². The zero-order valence-corrected chi connectivity index (χ0v) is 13.0. The van der Waals surface area contributed by atoms with Crippen molar-refractivity contribution < 1.29 is 18.0 Å². The number of halogens is 2. The Hall–Kier alpha value is -2.63. The standard InChI is InChI=1S/C18H16F2N2O2/c19-13-4-3-12(9-14(13)20)11-22-15-5-8-24-17(15)10-16(22)18(23)21-6-1-2-7-21/h3-5,8-10H,1-2,6-7,11H2. The molecule has 0 N–H and O–H groups in total. The SMILES string of the molecule is O=C(c1cc2occc2n1Cc1ccc(F)c(F)c1)N1CCCC1. The molecular weight excluding hydrogens is 314 g/mol. The number of carbonyl (C=O) groups excluding carboxylic acids is 1. The Morgan fingerprint density at radius 2 is 1.88 bits per heavy atom. The fourth-order valence-corrected chi connectivity index (χ4v) is 3.23. The van der Waals surface area contributed by atoms with E-state index in [1.54, 1.807) is 23.0 Å². The van der Waals surface area contributed by atoms with Gasteiger partial charge in [-0.25, -0.2) is 8.78 Å². The van der Waals surface area contributed by atoms with E-state index in [0.717, 1.165) is 43.6 Å². The monoisotopic (exact) mass is 330 g/mol. The fraction of sp³-hybridized carbons (Fsp3) is 0.278. The summed E-state index contributed by atoms with van der Waals surface area (Å²) in [7, 11) is 0. The smallest absolute Gasteiger partial charge is 0.270 e. The molecule has 0 unspecified atom stereocenters. The molecule has 4 rings (SSSR count). The minimum atomic E-state index is -0.893. The van der Waals surface area contributed by atoms with Crippen molar-refractivity contribution in [1.29, 1.82) is 0 Å². The third-order valence-corrected chi connectivity index (χ3v) is 4.46. The van der Waals surface area contributed by atoms with Gasteiger partial charge >= 0.3 is 0 Å². The van der Waals surface area contributed by atoms with Crippen molar-refractivity contribution in [3.8, 4) is 0 Å². The molecule has 0 spiro atoms. The molecule has 24 heavy (non-hydrogen) atoms. The van der Waals surface area contributed by atoms with E-state index in [4.69, 9.17) is 4.42 Å². The van der Waals surface area contributed by atoms with Gasteiger partial charge in [-0.15, -0.1) is 0 Å². The highest BCUT2D eigenvalue weighted by Gasteiger charge is 2.24. The Bertz CT molecular complexity index is 907. The summed E-state index contributed by atoms with van der Waals surface area (Å²) < 4.78 is 33.8. The molecular formula is C18H16F2N2O2. The molecule has 6 heteroatoms. The summed E-state index contributed by atoms with van der Waals surface area (Å²) in [6.45, 7) is 1.77.